The molecule has 0 aliphatic heterocycles. The van der Waals surface area contributed by atoms with Crippen LogP contribution < -0.4 is 10.6 Å². The highest BCUT2D eigenvalue weighted by Gasteiger charge is 2.16. The summed E-state index contributed by atoms with van der Waals surface area (Å²) >= 11 is 4.83. The second kappa shape index (κ2) is 6.61. The monoisotopic (exact) mass is 320 g/mol. The number of carbonyl (C=O) groups excluding carboxylic acids is 1. The molecule has 17 heavy (non-hydrogen) atoms. The van der Waals surface area contributed by atoms with Crippen molar-refractivity contribution in [2.45, 2.75) is 25.9 Å². The van der Waals surface area contributed by atoms with Crippen molar-refractivity contribution >= 4 is 39.3 Å². The molecule has 94 valence electrons. The third-order valence-corrected chi connectivity index (χ3v) is 3.75. The lowest BCUT2D eigenvalue weighted by Crippen LogP contribution is -2.45. The van der Waals surface area contributed by atoms with E-state index in [0.29, 0.717) is 13.0 Å². The zero-order chi connectivity index (χ0) is 12.8. The van der Waals surface area contributed by atoms with E-state index in [0.717, 1.165) is 9.35 Å². The number of urea groups is 1. The lowest BCUT2D eigenvalue weighted by molar-refractivity contribution is -0.139. The quantitative estimate of drug-likeness (QED) is 0.778. The number of nitrogens with one attached hydrogen (secondary N) is 2. The Kier molecular flexibility index (Phi) is 5.43. The molecule has 0 radical (unpaired) electrons. The highest BCUT2D eigenvalue weighted by molar-refractivity contribution is 9.10. The number of carboxylic acid groups (broad SMARTS) is 1. The fourth-order valence-electron chi connectivity index (χ4n) is 1.16. The van der Waals surface area contributed by atoms with Gasteiger partial charge in [-0.15, -0.1) is 11.3 Å². The molecular weight excluding hydrogens is 308 g/mol. The molecule has 1 rings (SSSR count). The normalized spacial score (nSPS) is 11.9. The molecule has 0 aliphatic rings. The minimum atomic E-state index is -1.03. The minimum Gasteiger partial charge on any atom is -0.480 e. The number of rotatable bonds is 5. The molecule has 1 heterocycles. The molecule has 1 aromatic heterocycles. The van der Waals surface area contributed by atoms with Crippen LogP contribution in [-0.2, 0) is 11.3 Å². The van der Waals surface area contributed by atoms with E-state index in [-0.39, 0.29) is 0 Å². The number of hydrogen-bond acceptors (Lipinski definition) is 3. The molecule has 1 atom stereocenters. The Morgan fingerprint density at radius 2 is 2.29 bits per heavy atom. The Balaban J connectivity index is 2.37. The second-order valence-corrected chi connectivity index (χ2v) is 5.27. The molecule has 2 amide bonds. The maximum atomic E-state index is 11.4. The Labute approximate surface area is 111 Å². The van der Waals surface area contributed by atoms with Gasteiger partial charge in [-0.1, -0.05) is 6.92 Å². The number of aliphatic carboxylic acids is 1. The van der Waals surface area contributed by atoms with Crippen LogP contribution in [0.15, 0.2) is 15.9 Å². The molecule has 0 aromatic carbocycles. The van der Waals surface area contributed by atoms with Crippen molar-refractivity contribution in [3.05, 3.63) is 20.8 Å². The average Bonchev–Trinajstić information content (AvgIpc) is 2.68. The van der Waals surface area contributed by atoms with Crippen LogP contribution >= 0.6 is 27.3 Å². The summed E-state index contributed by atoms with van der Waals surface area (Å²) in [6, 6.07) is 0.591. The molecule has 0 saturated carbocycles. The number of hydrogen-bond donors (Lipinski definition) is 3. The van der Waals surface area contributed by atoms with E-state index in [1.807, 2.05) is 11.4 Å². The molecule has 0 bridgehead atoms. The first kappa shape index (κ1) is 14.0. The number of carbonyl (C=O) groups is 2. The molecule has 0 fully saturated rings. The van der Waals surface area contributed by atoms with Crippen molar-refractivity contribution in [1.82, 2.24) is 10.6 Å². The summed E-state index contributed by atoms with van der Waals surface area (Å²) in [5.41, 5.74) is 0. The van der Waals surface area contributed by atoms with Crippen LogP contribution in [0.5, 0.6) is 0 Å². The van der Waals surface area contributed by atoms with Gasteiger partial charge in [0.1, 0.15) is 6.04 Å². The van der Waals surface area contributed by atoms with E-state index in [1.165, 1.54) is 11.3 Å². The topological polar surface area (TPSA) is 78.4 Å². The van der Waals surface area contributed by atoms with Crippen LogP contribution in [0.25, 0.3) is 0 Å². The van der Waals surface area contributed by atoms with Crippen molar-refractivity contribution in [2.24, 2.45) is 0 Å². The van der Waals surface area contributed by atoms with Crippen molar-refractivity contribution in [3.63, 3.8) is 0 Å². The van der Waals surface area contributed by atoms with Crippen LogP contribution in [0, 0.1) is 0 Å². The maximum Gasteiger partial charge on any atom is 0.326 e. The second-order valence-electron chi connectivity index (χ2n) is 3.36. The van der Waals surface area contributed by atoms with E-state index in [4.69, 9.17) is 5.11 Å². The lowest BCUT2D eigenvalue weighted by atomic mass is 10.2. The van der Waals surface area contributed by atoms with Gasteiger partial charge in [-0.3, -0.25) is 0 Å². The van der Waals surface area contributed by atoms with Crippen LogP contribution in [-0.4, -0.2) is 23.1 Å². The van der Waals surface area contributed by atoms with Gasteiger partial charge in [0.25, 0.3) is 0 Å². The lowest BCUT2D eigenvalue weighted by Gasteiger charge is -2.12. The predicted octanol–water partition coefficient (Wildman–Crippen LogP) is 2.17. The highest BCUT2D eigenvalue weighted by atomic mass is 79.9. The largest absolute Gasteiger partial charge is 0.480 e. The van der Waals surface area contributed by atoms with Gasteiger partial charge in [0.05, 0.1) is 6.54 Å². The fraction of sp³-hybridized carbons (Fsp3) is 0.400. The van der Waals surface area contributed by atoms with Gasteiger partial charge in [0.15, 0.2) is 0 Å². The summed E-state index contributed by atoms with van der Waals surface area (Å²) in [5.74, 6) is -1.03. The summed E-state index contributed by atoms with van der Waals surface area (Å²) < 4.78 is 0.969. The average molecular weight is 321 g/mol. The van der Waals surface area contributed by atoms with Crippen LogP contribution in [0.1, 0.15) is 18.2 Å². The first-order chi connectivity index (χ1) is 8.02. The minimum absolute atomic E-state index is 0.354. The highest BCUT2D eigenvalue weighted by Crippen LogP contribution is 2.19. The Bertz CT molecular complexity index is 408. The van der Waals surface area contributed by atoms with Gasteiger partial charge >= 0.3 is 12.0 Å². The van der Waals surface area contributed by atoms with E-state index in [2.05, 4.69) is 26.6 Å². The third-order valence-electron chi connectivity index (χ3n) is 2.06. The number of thiophene rings is 1. The van der Waals surface area contributed by atoms with Crippen molar-refractivity contribution in [3.8, 4) is 0 Å². The SMILES string of the molecule is CC[C@H](NC(=O)NCc1cc(Br)cs1)C(=O)O. The molecule has 0 saturated heterocycles. The molecular formula is C10H13BrN2O3S. The van der Waals surface area contributed by atoms with Gasteiger partial charge < -0.3 is 15.7 Å². The zero-order valence-corrected chi connectivity index (χ0v) is 11.6. The predicted molar refractivity (Wildman–Crippen MR) is 69.1 cm³/mol. The molecule has 0 unspecified atom stereocenters. The van der Waals surface area contributed by atoms with Gasteiger partial charge in [-0.2, -0.15) is 0 Å². The first-order valence-electron chi connectivity index (χ1n) is 5.03. The first-order valence-corrected chi connectivity index (χ1v) is 6.70. The van der Waals surface area contributed by atoms with Gasteiger partial charge in [0.2, 0.25) is 0 Å². The molecule has 0 aliphatic carbocycles. The van der Waals surface area contributed by atoms with E-state index in [9.17, 15) is 9.59 Å². The molecule has 3 N–H and O–H groups in total. The fourth-order valence-corrected chi connectivity index (χ4v) is 2.55. The summed E-state index contributed by atoms with van der Waals surface area (Å²) in [4.78, 5) is 23.1. The van der Waals surface area contributed by atoms with Crippen molar-refractivity contribution in [1.29, 1.82) is 0 Å². The van der Waals surface area contributed by atoms with Crippen LogP contribution in [0.2, 0.25) is 0 Å². The Morgan fingerprint density at radius 3 is 2.76 bits per heavy atom. The van der Waals surface area contributed by atoms with Gasteiger partial charge in [0, 0.05) is 14.7 Å². The molecule has 0 spiro atoms. The number of carboxylic acids is 1. The Hall–Kier alpha value is -1.08. The zero-order valence-electron chi connectivity index (χ0n) is 9.20. The van der Waals surface area contributed by atoms with E-state index < -0.39 is 18.0 Å². The van der Waals surface area contributed by atoms with E-state index >= 15 is 0 Å². The van der Waals surface area contributed by atoms with E-state index in [1.54, 1.807) is 6.92 Å². The summed E-state index contributed by atoms with van der Waals surface area (Å²) in [5, 5.41) is 15.7. The standard InChI is InChI=1S/C10H13BrN2O3S/c1-2-8(9(14)15)13-10(16)12-4-7-3-6(11)5-17-7/h3,5,8H,2,4H2,1H3,(H,14,15)(H2,12,13,16)/t8-/m0/s1. The van der Waals surface area contributed by atoms with Crippen LogP contribution in [0.3, 0.4) is 0 Å². The number of halogens is 1. The maximum absolute atomic E-state index is 11.4. The van der Waals surface area contributed by atoms with Crippen LogP contribution in [0.4, 0.5) is 4.79 Å². The Morgan fingerprint density at radius 1 is 1.59 bits per heavy atom. The molecule has 1 aromatic rings. The third kappa shape index (κ3) is 4.74. The summed E-state index contributed by atoms with van der Waals surface area (Å²) in [7, 11) is 0. The number of amides is 2. The van der Waals surface area contributed by atoms with Gasteiger partial charge in [-0.25, -0.2) is 9.59 Å². The van der Waals surface area contributed by atoms with Crippen molar-refractivity contribution < 1.29 is 14.7 Å². The summed E-state index contributed by atoms with van der Waals surface area (Å²) in [6.07, 6.45) is 0.354. The molecule has 7 heteroatoms. The van der Waals surface area contributed by atoms with Crippen molar-refractivity contribution in [2.75, 3.05) is 0 Å². The summed E-state index contributed by atoms with van der Waals surface area (Å²) in [6.45, 7) is 2.09. The van der Waals surface area contributed by atoms with Gasteiger partial charge in [-0.05, 0) is 28.4 Å². The smallest absolute Gasteiger partial charge is 0.326 e. The molecule has 5 nitrogen and oxygen atoms in total.